The van der Waals surface area contributed by atoms with Gasteiger partial charge in [0.25, 0.3) is 0 Å². The second kappa shape index (κ2) is 4.45. The van der Waals surface area contributed by atoms with Crippen LogP contribution in [-0.2, 0) is 0 Å². The lowest BCUT2D eigenvalue weighted by molar-refractivity contribution is 0.235. The summed E-state index contributed by atoms with van der Waals surface area (Å²) in [6.45, 7) is 3.62. The van der Waals surface area contributed by atoms with Gasteiger partial charge in [0.2, 0.25) is 0 Å². The van der Waals surface area contributed by atoms with E-state index in [2.05, 4.69) is 4.90 Å². The second-order valence-electron chi connectivity index (χ2n) is 2.90. The Morgan fingerprint density at radius 1 is 1.20 bits per heavy atom. The van der Waals surface area contributed by atoms with E-state index in [1.54, 1.807) is 0 Å². The van der Waals surface area contributed by atoms with Crippen LogP contribution in [0.25, 0.3) is 0 Å². The molecule has 0 amide bonds. The lowest BCUT2D eigenvalue weighted by Crippen LogP contribution is -2.30. The van der Waals surface area contributed by atoms with Gasteiger partial charge in [0, 0.05) is 6.54 Å². The summed E-state index contributed by atoms with van der Waals surface area (Å²) in [4.78, 5) is 2.45. The van der Waals surface area contributed by atoms with Crippen LogP contribution in [0.1, 0.15) is 25.7 Å². The van der Waals surface area contributed by atoms with Gasteiger partial charge in [-0.3, -0.25) is 0 Å². The van der Waals surface area contributed by atoms with Crippen LogP contribution in [0.15, 0.2) is 0 Å². The van der Waals surface area contributed by atoms with E-state index >= 15 is 0 Å². The highest BCUT2D eigenvalue weighted by Gasteiger charge is 2.07. The molecule has 2 heteroatoms. The quantitative estimate of drug-likeness (QED) is 0.591. The Morgan fingerprint density at radius 2 is 1.90 bits per heavy atom. The Bertz CT molecular complexity index is 95.4. The summed E-state index contributed by atoms with van der Waals surface area (Å²) in [5.74, 6) is 0. The molecule has 1 fully saturated rings. The third kappa shape index (κ3) is 2.48. The maximum absolute atomic E-state index is 6.87. The van der Waals surface area contributed by atoms with Crippen LogP contribution in [-0.4, -0.2) is 30.7 Å². The molecule has 2 nitrogen and oxygen atoms in total. The second-order valence-corrected chi connectivity index (χ2v) is 2.90. The molecule has 0 aromatic carbocycles. The van der Waals surface area contributed by atoms with E-state index in [9.17, 15) is 0 Å². The van der Waals surface area contributed by atoms with Gasteiger partial charge in [-0.1, -0.05) is 6.42 Å². The van der Waals surface area contributed by atoms with E-state index in [1.165, 1.54) is 38.6 Å². The van der Waals surface area contributed by atoms with Crippen LogP contribution in [0.3, 0.4) is 0 Å². The van der Waals surface area contributed by atoms with Gasteiger partial charge in [-0.15, -0.1) is 0 Å². The van der Waals surface area contributed by atoms with Crippen molar-refractivity contribution in [3.05, 3.63) is 0 Å². The van der Waals surface area contributed by atoms with Crippen molar-refractivity contribution in [1.82, 2.24) is 4.90 Å². The highest BCUT2D eigenvalue weighted by molar-refractivity contribution is 5.52. The minimum absolute atomic E-state index is 0.931. The Labute approximate surface area is 62.7 Å². The Balaban J connectivity index is 2.07. The smallest absolute Gasteiger partial charge is 0.00307 e. The number of nitrogens with zero attached hydrogens (tertiary/aromatic N) is 1. The normalized spacial score (nSPS) is 20.8. The van der Waals surface area contributed by atoms with Crippen molar-refractivity contribution >= 4 is 6.21 Å². The zero-order chi connectivity index (χ0) is 7.23. The Kier molecular flexibility index (Phi) is 3.44. The lowest BCUT2D eigenvalue weighted by atomic mass is 10.1. The van der Waals surface area contributed by atoms with Crippen molar-refractivity contribution in [3.63, 3.8) is 0 Å². The van der Waals surface area contributed by atoms with Crippen LogP contribution in [0, 0.1) is 5.41 Å². The van der Waals surface area contributed by atoms with E-state index in [4.69, 9.17) is 5.41 Å². The third-order valence-electron chi connectivity index (χ3n) is 2.04. The molecule has 1 aliphatic heterocycles. The van der Waals surface area contributed by atoms with E-state index in [0.29, 0.717) is 0 Å². The zero-order valence-corrected chi connectivity index (χ0v) is 6.47. The fraction of sp³-hybridized carbons (Fsp3) is 0.875. The van der Waals surface area contributed by atoms with Crippen LogP contribution in [0.4, 0.5) is 0 Å². The van der Waals surface area contributed by atoms with Crippen LogP contribution in [0.2, 0.25) is 0 Å². The summed E-state index contributed by atoms with van der Waals surface area (Å²) in [6.07, 6.45) is 6.56. The number of hydrogen-bond acceptors (Lipinski definition) is 2. The molecule has 1 N–H and O–H groups in total. The summed E-state index contributed by atoms with van der Waals surface area (Å²) in [5, 5.41) is 6.87. The maximum atomic E-state index is 6.87. The van der Waals surface area contributed by atoms with Gasteiger partial charge in [0.1, 0.15) is 0 Å². The fourth-order valence-corrected chi connectivity index (χ4v) is 1.43. The van der Waals surface area contributed by atoms with Gasteiger partial charge < -0.3 is 10.3 Å². The molecular weight excluding hydrogens is 124 g/mol. The number of nitrogens with one attached hydrogen (secondary N) is 1. The van der Waals surface area contributed by atoms with E-state index in [0.717, 1.165) is 13.0 Å². The molecule has 1 aliphatic rings. The summed E-state index contributed by atoms with van der Waals surface area (Å²) >= 11 is 0. The van der Waals surface area contributed by atoms with Crippen molar-refractivity contribution in [1.29, 1.82) is 5.41 Å². The Morgan fingerprint density at radius 3 is 2.50 bits per heavy atom. The molecule has 0 radical (unpaired) electrons. The fourth-order valence-electron chi connectivity index (χ4n) is 1.43. The van der Waals surface area contributed by atoms with E-state index in [1.807, 2.05) is 0 Å². The molecule has 10 heavy (non-hydrogen) atoms. The molecular formula is C8H16N2. The van der Waals surface area contributed by atoms with E-state index in [-0.39, 0.29) is 0 Å². The van der Waals surface area contributed by atoms with Crippen molar-refractivity contribution < 1.29 is 0 Å². The minimum Gasteiger partial charge on any atom is -0.313 e. The van der Waals surface area contributed by atoms with Gasteiger partial charge in [0.15, 0.2) is 0 Å². The molecule has 1 saturated heterocycles. The van der Waals surface area contributed by atoms with Crippen LogP contribution >= 0.6 is 0 Å². The SMILES string of the molecule is N=CCCN1CCCCC1. The number of likely N-dealkylation sites (tertiary alicyclic amines) is 1. The number of hydrogen-bond donors (Lipinski definition) is 1. The molecule has 0 aromatic rings. The van der Waals surface area contributed by atoms with Gasteiger partial charge in [-0.05, 0) is 38.6 Å². The molecule has 58 valence electrons. The van der Waals surface area contributed by atoms with Crippen LogP contribution in [0.5, 0.6) is 0 Å². The first-order valence-corrected chi connectivity index (χ1v) is 4.15. The topological polar surface area (TPSA) is 27.1 Å². The van der Waals surface area contributed by atoms with Crippen molar-refractivity contribution in [2.75, 3.05) is 19.6 Å². The summed E-state index contributed by atoms with van der Waals surface area (Å²) in [6, 6.07) is 0. The van der Waals surface area contributed by atoms with Crippen LogP contribution < -0.4 is 0 Å². The predicted molar refractivity (Wildman–Crippen MR) is 43.7 cm³/mol. The zero-order valence-electron chi connectivity index (χ0n) is 6.47. The first-order valence-electron chi connectivity index (χ1n) is 4.15. The first-order chi connectivity index (χ1) is 4.93. The first kappa shape index (κ1) is 7.73. The van der Waals surface area contributed by atoms with E-state index < -0.39 is 0 Å². The summed E-state index contributed by atoms with van der Waals surface area (Å²) < 4.78 is 0. The molecule has 0 bridgehead atoms. The minimum atomic E-state index is 0.931. The molecule has 1 rings (SSSR count). The highest BCUT2D eigenvalue weighted by Crippen LogP contribution is 2.07. The molecule has 0 aromatic heterocycles. The molecule has 0 spiro atoms. The van der Waals surface area contributed by atoms with Gasteiger partial charge in [-0.2, -0.15) is 0 Å². The molecule has 0 saturated carbocycles. The van der Waals surface area contributed by atoms with Gasteiger partial charge in [0.05, 0.1) is 0 Å². The van der Waals surface area contributed by atoms with Crippen molar-refractivity contribution in [3.8, 4) is 0 Å². The highest BCUT2D eigenvalue weighted by atomic mass is 15.1. The number of piperidine rings is 1. The lowest BCUT2D eigenvalue weighted by Gasteiger charge is -2.25. The standard InChI is InChI=1S/C8H16N2/c9-5-4-8-10-6-2-1-3-7-10/h5,9H,1-4,6-8H2. The largest absolute Gasteiger partial charge is 0.313 e. The van der Waals surface area contributed by atoms with Crippen molar-refractivity contribution in [2.24, 2.45) is 0 Å². The molecule has 0 aliphatic carbocycles. The average Bonchev–Trinajstić information content (AvgIpc) is 2.03. The monoisotopic (exact) mass is 140 g/mol. The van der Waals surface area contributed by atoms with Crippen molar-refractivity contribution in [2.45, 2.75) is 25.7 Å². The average molecular weight is 140 g/mol. The summed E-state index contributed by atoms with van der Waals surface area (Å²) in [7, 11) is 0. The maximum Gasteiger partial charge on any atom is 0.00307 e. The molecule has 0 unspecified atom stereocenters. The van der Waals surface area contributed by atoms with Gasteiger partial charge in [-0.25, -0.2) is 0 Å². The predicted octanol–water partition coefficient (Wildman–Crippen LogP) is 1.51. The number of rotatable bonds is 3. The molecule has 0 atom stereocenters. The third-order valence-corrected chi connectivity index (χ3v) is 2.04. The van der Waals surface area contributed by atoms with Gasteiger partial charge >= 0.3 is 0 Å². The summed E-state index contributed by atoms with van der Waals surface area (Å²) in [5.41, 5.74) is 0. The Hall–Kier alpha value is -0.370. The molecule has 1 heterocycles.